The Morgan fingerprint density at radius 2 is 1.73 bits per heavy atom. The molecule has 7 nitrogen and oxygen atoms in total. The molecular formula is C27H37Cl2N3O4S. The molecule has 204 valence electrons. The maximum absolute atomic E-state index is 13.4. The minimum absolute atomic E-state index is 0.0508. The van der Waals surface area contributed by atoms with Gasteiger partial charge in [0.2, 0.25) is 21.8 Å². The molecule has 1 N–H and O–H groups in total. The Labute approximate surface area is 231 Å². The molecule has 0 spiro atoms. The van der Waals surface area contributed by atoms with Gasteiger partial charge in [0.05, 0.1) is 11.9 Å². The van der Waals surface area contributed by atoms with Gasteiger partial charge in [-0.2, -0.15) is 0 Å². The van der Waals surface area contributed by atoms with Gasteiger partial charge in [0.15, 0.2) is 0 Å². The van der Waals surface area contributed by atoms with E-state index < -0.39 is 21.6 Å². The van der Waals surface area contributed by atoms with Crippen LogP contribution in [0.4, 0.5) is 5.69 Å². The van der Waals surface area contributed by atoms with Crippen LogP contribution in [-0.2, 0) is 26.2 Å². The number of nitrogens with zero attached hydrogens (tertiary/aromatic N) is 2. The van der Waals surface area contributed by atoms with Crippen LogP contribution in [-0.4, -0.2) is 49.5 Å². The molecule has 1 atom stereocenters. The molecule has 0 saturated heterocycles. The number of rotatable bonds is 10. The number of nitrogens with one attached hydrogen (secondary N) is 1. The van der Waals surface area contributed by atoms with Gasteiger partial charge in [0.25, 0.3) is 0 Å². The van der Waals surface area contributed by atoms with E-state index in [1.54, 1.807) is 31.2 Å². The number of carbonyl (C=O) groups is 2. The topological polar surface area (TPSA) is 86.8 Å². The minimum atomic E-state index is -3.57. The molecule has 0 aliphatic heterocycles. The zero-order chi connectivity index (χ0) is 28.1. The van der Waals surface area contributed by atoms with E-state index in [9.17, 15) is 18.0 Å². The van der Waals surface area contributed by atoms with Crippen molar-refractivity contribution >= 4 is 50.7 Å². The van der Waals surface area contributed by atoms with E-state index in [-0.39, 0.29) is 37.7 Å². The van der Waals surface area contributed by atoms with E-state index in [1.807, 2.05) is 46.8 Å². The molecule has 0 aromatic heterocycles. The SMILES string of the molecule is Cc1cccc(N(CCCC(=O)N(Cc2ccc(Cl)cc2Cl)C(C)C(=O)NC(C)(C)C)S(C)(=O)=O)c1C. The van der Waals surface area contributed by atoms with Crippen molar-refractivity contribution in [2.45, 2.75) is 72.5 Å². The zero-order valence-electron chi connectivity index (χ0n) is 22.6. The number of anilines is 1. The van der Waals surface area contributed by atoms with Gasteiger partial charge in [-0.15, -0.1) is 0 Å². The second-order valence-corrected chi connectivity index (χ2v) is 13.1. The second kappa shape index (κ2) is 12.5. The van der Waals surface area contributed by atoms with Gasteiger partial charge in [-0.25, -0.2) is 8.42 Å². The van der Waals surface area contributed by atoms with Gasteiger partial charge in [0.1, 0.15) is 6.04 Å². The van der Waals surface area contributed by atoms with Crippen LogP contribution in [0.2, 0.25) is 10.0 Å². The number of amides is 2. The molecule has 1 unspecified atom stereocenters. The maximum atomic E-state index is 13.4. The van der Waals surface area contributed by atoms with Crippen molar-refractivity contribution in [3.8, 4) is 0 Å². The Kier molecular flexibility index (Phi) is 10.5. The highest BCUT2D eigenvalue weighted by Crippen LogP contribution is 2.26. The van der Waals surface area contributed by atoms with E-state index in [2.05, 4.69) is 5.32 Å². The first-order chi connectivity index (χ1) is 17.0. The highest BCUT2D eigenvalue weighted by Gasteiger charge is 2.29. The standard InChI is InChI=1S/C27H37Cl2N3O4S/c1-18-10-8-11-24(19(18)2)32(37(7,35)36)15-9-12-25(33)31(20(3)26(34)30-27(4,5)6)17-21-13-14-22(28)16-23(21)29/h8,10-11,13-14,16,20H,9,12,15,17H2,1-7H3,(H,30,34). The van der Waals surface area contributed by atoms with Gasteiger partial charge in [-0.3, -0.25) is 13.9 Å². The molecule has 0 fully saturated rings. The Hall–Kier alpha value is -2.29. The smallest absolute Gasteiger partial charge is 0.242 e. The van der Waals surface area contributed by atoms with Crippen LogP contribution in [0.15, 0.2) is 36.4 Å². The minimum Gasteiger partial charge on any atom is -0.350 e. The molecular weight excluding hydrogens is 533 g/mol. The van der Waals surface area contributed by atoms with Crippen LogP contribution >= 0.6 is 23.2 Å². The lowest BCUT2D eigenvalue weighted by Gasteiger charge is -2.32. The van der Waals surface area contributed by atoms with Crippen LogP contribution in [0.3, 0.4) is 0 Å². The first-order valence-corrected chi connectivity index (χ1v) is 14.7. The summed E-state index contributed by atoms with van der Waals surface area (Å²) in [5.41, 5.74) is 2.62. The summed E-state index contributed by atoms with van der Waals surface area (Å²) < 4.78 is 26.5. The van der Waals surface area contributed by atoms with Crippen molar-refractivity contribution in [3.63, 3.8) is 0 Å². The van der Waals surface area contributed by atoms with Crippen molar-refractivity contribution in [2.75, 3.05) is 17.1 Å². The summed E-state index contributed by atoms with van der Waals surface area (Å²) in [6, 6.07) is 9.73. The van der Waals surface area contributed by atoms with Crippen molar-refractivity contribution < 1.29 is 18.0 Å². The van der Waals surface area contributed by atoms with E-state index in [1.165, 1.54) is 9.21 Å². The van der Waals surface area contributed by atoms with Crippen molar-refractivity contribution in [1.82, 2.24) is 10.2 Å². The molecule has 2 aromatic rings. The van der Waals surface area contributed by atoms with E-state index in [4.69, 9.17) is 23.2 Å². The quantitative estimate of drug-likeness (QED) is 0.410. The molecule has 0 radical (unpaired) electrons. The van der Waals surface area contributed by atoms with Crippen LogP contribution < -0.4 is 9.62 Å². The van der Waals surface area contributed by atoms with E-state index in [0.717, 1.165) is 17.4 Å². The van der Waals surface area contributed by atoms with Crippen molar-refractivity contribution in [2.24, 2.45) is 0 Å². The van der Waals surface area contributed by atoms with Gasteiger partial charge < -0.3 is 10.2 Å². The largest absolute Gasteiger partial charge is 0.350 e. The summed E-state index contributed by atoms with van der Waals surface area (Å²) in [6.07, 6.45) is 1.48. The fraction of sp³-hybridized carbons (Fsp3) is 0.481. The third kappa shape index (κ3) is 8.90. The third-order valence-corrected chi connectivity index (χ3v) is 7.79. The summed E-state index contributed by atoms with van der Waals surface area (Å²) in [7, 11) is -3.57. The van der Waals surface area contributed by atoms with Gasteiger partial charge in [-0.05, 0) is 82.9 Å². The fourth-order valence-electron chi connectivity index (χ4n) is 3.88. The number of aryl methyl sites for hydroxylation is 1. The molecule has 0 bridgehead atoms. The fourth-order valence-corrected chi connectivity index (χ4v) is 5.36. The van der Waals surface area contributed by atoms with Crippen LogP contribution in [0.5, 0.6) is 0 Å². The number of benzene rings is 2. The molecule has 2 amide bonds. The number of sulfonamides is 1. The molecule has 0 aliphatic rings. The molecule has 0 heterocycles. The summed E-state index contributed by atoms with van der Waals surface area (Å²) in [4.78, 5) is 27.9. The summed E-state index contributed by atoms with van der Waals surface area (Å²) in [5.74, 6) is -0.573. The number of hydrogen-bond donors (Lipinski definition) is 1. The Morgan fingerprint density at radius 1 is 1.08 bits per heavy atom. The van der Waals surface area contributed by atoms with Gasteiger partial charge >= 0.3 is 0 Å². The summed E-state index contributed by atoms with van der Waals surface area (Å²) in [5, 5.41) is 3.78. The predicted molar refractivity (Wildman–Crippen MR) is 152 cm³/mol. The molecule has 10 heteroatoms. The van der Waals surface area contributed by atoms with Crippen molar-refractivity contribution in [1.29, 1.82) is 0 Å². The highest BCUT2D eigenvalue weighted by molar-refractivity contribution is 7.92. The van der Waals surface area contributed by atoms with Gasteiger partial charge in [0, 0.05) is 35.1 Å². The molecule has 2 aromatic carbocycles. The Balaban J connectivity index is 2.26. The molecule has 37 heavy (non-hydrogen) atoms. The van der Waals surface area contributed by atoms with Crippen LogP contribution in [0, 0.1) is 13.8 Å². The summed E-state index contributed by atoms with van der Waals surface area (Å²) in [6.45, 7) is 11.3. The maximum Gasteiger partial charge on any atom is 0.242 e. The van der Waals surface area contributed by atoms with E-state index >= 15 is 0 Å². The number of hydrogen-bond acceptors (Lipinski definition) is 4. The highest BCUT2D eigenvalue weighted by atomic mass is 35.5. The van der Waals surface area contributed by atoms with Crippen molar-refractivity contribution in [3.05, 3.63) is 63.1 Å². The first kappa shape index (κ1) is 30.9. The van der Waals surface area contributed by atoms with Crippen LogP contribution in [0.25, 0.3) is 0 Å². The molecule has 2 rings (SSSR count). The van der Waals surface area contributed by atoms with E-state index in [0.29, 0.717) is 21.3 Å². The predicted octanol–water partition coefficient (Wildman–Crippen LogP) is 5.49. The monoisotopic (exact) mass is 569 g/mol. The van der Waals surface area contributed by atoms with Crippen LogP contribution in [0.1, 0.15) is 57.2 Å². The zero-order valence-corrected chi connectivity index (χ0v) is 24.9. The molecule has 0 aliphatic carbocycles. The average molecular weight is 571 g/mol. The Morgan fingerprint density at radius 3 is 2.30 bits per heavy atom. The molecule has 0 saturated carbocycles. The van der Waals surface area contributed by atoms with Gasteiger partial charge in [-0.1, -0.05) is 41.4 Å². The number of carbonyl (C=O) groups excluding carboxylic acids is 2. The summed E-state index contributed by atoms with van der Waals surface area (Å²) >= 11 is 12.4. The third-order valence-electron chi connectivity index (χ3n) is 6.02. The lowest BCUT2D eigenvalue weighted by atomic mass is 10.1. The normalized spacial score (nSPS) is 12.7. The lowest BCUT2D eigenvalue weighted by molar-refractivity contribution is -0.141. The average Bonchev–Trinajstić information content (AvgIpc) is 2.76. The Bertz CT molecular complexity index is 1240. The number of halogens is 2. The lowest BCUT2D eigenvalue weighted by Crippen LogP contribution is -2.52. The first-order valence-electron chi connectivity index (χ1n) is 12.1. The second-order valence-electron chi connectivity index (χ2n) is 10.3.